The van der Waals surface area contributed by atoms with Gasteiger partial charge in [0.15, 0.2) is 6.61 Å². The molecule has 1 heterocycles. The second kappa shape index (κ2) is 10.6. The van der Waals surface area contributed by atoms with Crippen molar-refractivity contribution in [3.05, 3.63) is 82.3 Å². The summed E-state index contributed by atoms with van der Waals surface area (Å²) in [4.78, 5) is 16.6. The Morgan fingerprint density at radius 3 is 2.50 bits per heavy atom. The average molecular weight is 496 g/mol. The number of halogens is 1. The largest absolute Gasteiger partial charge is 0.497 e. The van der Waals surface area contributed by atoms with Crippen molar-refractivity contribution in [1.29, 1.82) is 0 Å². The van der Waals surface area contributed by atoms with Gasteiger partial charge in [-0.1, -0.05) is 35.9 Å². The topological polar surface area (TPSA) is 77.9 Å². The molecule has 4 aromatic rings. The number of benzene rings is 3. The maximum absolute atomic E-state index is 10.7. The van der Waals surface area contributed by atoms with Crippen molar-refractivity contribution in [2.45, 2.75) is 13.5 Å². The normalized spacial score (nSPS) is 10.7. The molecule has 34 heavy (non-hydrogen) atoms. The zero-order valence-corrected chi connectivity index (χ0v) is 20.2. The Morgan fingerprint density at radius 1 is 1.00 bits per heavy atom. The number of methoxy groups -OCH3 is 1. The zero-order chi connectivity index (χ0) is 24.1. The third-order valence-electron chi connectivity index (χ3n) is 4.98. The molecule has 8 heteroatoms. The van der Waals surface area contributed by atoms with E-state index >= 15 is 0 Å². The highest BCUT2D eigenvalue weighted by molar-refractivity contribution is 7.15. The van der Waals surface area contributed by atoms with E-state index < -0.39 is 5.97 Å². The Hall–Kier alpha value is -3.55. The number of thiazole rings is 1. The summed E-state index contributed by atoms with van der Waals surface area (Å²) in [6, 6.07) is 20.7. The van der Waals surface area contributed by atoms with Crippen LogP contribution in [-0.2, 0) is 11.4 Å². The van der Waals surface area contributed by atoms with Crippen LogP contribution in [0.4, 0.5) is 0 Å². The number of aromatic nitrogens is 1. The number of rotatable bonds is 9. The molecule has 174 valence electrons. The van der Waals surface area contributed by atoms with E-state index in [-0.39, 0.29) is 13.2 Å². The molecule has 6 nitrogen and oxygen atoms in total. The first-order valence-electron chi connectivity index (χ1n) is 10.4. The van der Waals surface area contributed by atoms with Crippen LogP contribution in [-0.4, -0.2) is 29.8 Å². The lowest BCUT2D eigenvalue weighted by Gasteiger charge is -2.09. The number of carboxylic acid groups (broad SMARTS) is 1. The second-order valence-corrected chi connectivity index (χ2v) is 8.94. The zero-order valence-electron chi connectivity index (χ0n) is 18.6. The number of hydrogen-bond acceptors (Lipinski definition) is 6. The maximum atomic E-state index is 10.7. The van der Waals surface area contributed by atoms with Crippen molar-refractivity contribution >= 4 is 28.9 Å². The summed E-state index contributed by atoms with van der Waals surface area (Å²) in [6.45, 7) is 1.73. The number of ether oxygens (including phenoxy) is 3. The summed E-state index contributed by atoms with van der Waals surface area (Å²) in [5, 5.41) is 10.3. The van der Waals surface area contributed by atoms with Crippen molar-refractivity contribution in [3.8, 4) is 38.9 Å². The fourth-order valence-corrected chi connectivity index (χ4v) is 4.48. The van der Waals surface area contributed by atoms with Crippen LogP contribution in [0.1, 0.15) is 10.6 Å². The highest BCUT2D eigenvalue weighted by Gasteiger charge is 2.16. The standard InChI is InChI=1S/C26H22ClNO5S/c1-16-12-21(10-11-22(16)33-15-24(29)30)32-14-23-28-25(18-4-3-5-20(13-18)31-2)26(34-23)17-6-8-19(27)9-7-17/h3-13H,14-15H2,1-2H3,(H,29,30). The van der Waals surface area contributed by atoms with E-state index in [2.05, 4.69) is 0 Å². The molecule has 0 saturated carbocycles. The minimum Gasteiger partial charge on any atom is -0.497 e. The van der Waals surface area contributed by atoms with Gasteiger partial charge in [-0.25, -0.2) is 9.78 Å². The lowest BCUT2D eigenvalue weighted by atomic mass is 10.1. The summed E-state index contributed by atoms with van der Waals surface area (Å²) >= 11 is 7.65. The number of hydrogen-bond donors (Lipinski definition) is 1. The van der Waals surface area contributed by atoms with E-state index in [1.54, 1.807) is 30.6 Å². The molecule has 0 radical (unpaired) electrons. The van der Waals surface area contributed by atoms with Crippen molar-refractivity contribution in [2.75, 3.05) is 13.7 Å². The Morgan fingerprint density at radius 2 is 1.79 bits per heavy atom. The summed E-state index contributed by atoms with van der Waals surface area (Å²) in [5.74, 6) is 0.888. The van der Waals surface area contributed by atoms with Gasteiger partial charge in [-0.3, -0.25) is 0 Å². The van der Waals surface area contributed by atoms with Gasteiger partial charge in [0.05, 0.1) is 17.7 Å². The Balaban J connectivity index is 1.59. The number of aryl methyl sites for hydroxylation is 1. The smallest absolute Gasteiger partial charge is 0.341 e. The minimum absolute atomic E-state index is 0.282. The highest BCUT2D eigenvalue weighted by atomic mass is 35.5. The van der Waals surface area contributed by atoms with Gasteiger partial charge in [-0.2, -0.15) is 0 Å². The van der Waals surface area contributed by atoms with E-state index in [0.717, 1.165) is 38.0 Å². The minimum atomic E-state index is -1.02. The van der Waals surface area contributed by atoms with Crippen LogP contribution in [0.2, 0.25) is 5.02 Å². The van der Waals surface area contributed by atoms with Gasteiger partial charge in [0.25, 0.3) is 0 Å². The van der Waals surface area contributed by atoms with Crippen LogP contribution < -0.4 is 14.2 Å². The van der Waals surface area contributed by atoms with E-state index in [9.17, 15) is 4.79 Å². The van der Waals surface area contributed by atoms with E-state index in [1.807, 2.05) is 61.5 Å². The van der Waals surface area contributed by atoms with Crippen molar-refractivity contribution in [3.63, 3.8) is 0 Å². The van der Waals surface area contributed by atoms with Crippen LogP contribution in [0.5, 0.6) is 17.2 Å². The van der Waals surface area contributed by atoms with Crippen LogP contribution in [0, 0.1) is 6.92 Å². The van der Waals surface area contributed by atoms with E-state index in [1.165, 1.54) is 0 Å². The third-order valence-corrected chi connectivity index (χ3v) is 6.31. The van der Waals surface area contributed by atoms with Gasteiger partial charge in [-0.15, -0.1) is 11.3 Å². The molecule has 0 fully saturated rings. The fraction of sp³-hybridized carbons (Fsp3) is 0.154. The molecule has 0 spiro atoms. The predicted molar refractivity (Wildman–Crippen MR) is 133 cm³/mol. The fourth-order valence-electron chi connectivity index (χ4n) is 3.35. The molecule has 0 saturated heterocycles. The lowest BCUT2D eigenvalue weighted by Crippen LogP contribution is -2.10. The van der Waals surface area contributed by atoms with Crippen LogP contribution >= 0.6 is 22.9 Å². The molecule has 0 aliphatic rings. The molecule has 0 atom stereocenters. The molecule has 1 N–H and O–H groups in total. The molecule has 0 amide bonds. The van der Waals surface area contributed by atoms with E-state index in [4.69, 9.17) is 35.9 Å². The van der Waals surface area contributed by atoms with Crippen LogP contribution in [0.3, 0.4) is 0 Å². The van der Waals surface area contributed by atoms with Crippen LogP contribution in [0.15, 0.2) is 66.7 Å². The SMILES string of the molecule is COc1cccc(-c2nc(COc3ccc(OCC(=O)O)c(C)c3)sc2-c2ccc(Cl)cc2)c1. The average Bonchev–Trinajstić information content (AvgIpc) is 3.27. The Labute approximate surface area is 206 Å². The Kier molecular flexibility index (Phi) is 7.35. The molecule has 0 aliphatic carbocycles. The van der Waals surface area contributed by atoms with Gasteiger partial charge in [0.1, 0.15) is 28.9 Å². The molecular weight excluding hydrogens is 474 g/mol. The van der Waals surface area contributed by atoms with Crippen molar-refractivity contribution in [2.24, 2.45) is 0 Å². The number of carbonyl (C=O) groups is 1. The predicted octanol–water partition coefficient (Wildman–Crippen LogP) is 6.49. The summed E-state index contributed by atoms with van der Waals surface area (Å²) < 4.78 is 16.7. The van der Waals surface area contributed by atoms with Crippen molar-refractivity contribution in [1.82, 2.24) is 4.98 Å². The van der Waals surface area contributed by atoms with Gasteiger partial charge in [0, 0.05) is 10.6 Å². The number of nitrogens with zero attached hydrogens (tertiary/aromatic N) is 1. The first kappa shape index (κ1) is 23.6. The molecule has 0 bridgehead atoms. The summed E-state index contributed by atoms with van der Waals surface area (Å²) in [7, 11) is 1.64. The monoisotopic (exact) mass is 495 g/mol. The molecule has 0 unspecified atom stereocenters. The van der Waals surface area contributed by atoms with Gasteiger partial charge < -0.3 is 19.3 Å². The maximum Gasteiger partial charge on any atom is 0.341 e. The first-order valence-corrected chi connectivity index (χ1v) is 11.6. The van der Waals surface area contributed by atoms with Crippen LogP contribution in [0.25, 0.3) is 21.7 Å². The molecule has 3 aromatic carbocycles. The van der Waals surface area contributed by atoms with Gasteiger partial charge >= 0.3 is 5.97 Å². The quantitative estimate of drug-likeness (QED) is 0.286. The molecule has 4 rings (SSSR count). The molecule has 0 aliphatic heterocycles. The van der Waals surface area contributed by atoms with Gasteiger partial charge in [0.2, 0.25) is 0 Å². The first-order chi connectivity index (χ1) is 16.4. The number of aliphatic carboxylic acids is 1. The summed E-state index contributed by atoms with van der Waals surface area (Å²) in [6.07, 6.45) is 0. The third kappa shape index (κ3) is 5.68. The summed E-state index contributed by atoms with van der Waals surface area (Å²) in [5.41, 5.74) is 3.60. The van der Waals surface area contributed by atoms with Crippen molar-refractivity contribution < 1.29 is 24.1 Å². The second-order valence-electron chi connectivity index (χ2n) is 7.42. The number of carboxylic acids is 1. The molecular formula is C26H22ClNO5S. The highest BCUT2D eigenvalue weighted by Crippen LogP contribution is 2.38. The van der Waals surface area contributed by atoms with Gasteiger partial charge in [-0.05, 0) is 60.5 Å². The van der Waals surface area contributed by atoms with E-state index in [0.29, 0.717) is 16.5 Å². The lowest BCUT2D eigenvalue weighted by molar-refractivity contribution is -0.139. The Bertz CT molecular complexity index is 1300. The molecule has 1 aromatic heterocycles.